The molecule has 3 aromatic carbocycles. The zero-order valence-corrected chi connectivity index (χ0v) is 19.0. The molecule has 5 heteroatoms. The van der Waals surface area contributed by atoms with Gasteiger partial charge >= 0.3 is 0 Å². The minimum Gasteiger partial charge on any atom is -0.473 e. The topological polar surface area (TPSA) is 54.8 Å². The first kappa shape index (κ1) is 22.0. The van der Waals surface area contributed by atoms with Crippen LogP contribution >= 0.6 is 0 Å². The molecule has 1 aliphatic rings. The molecule has 1 saturated heterocycles. The van der Waals surface area contributed by atoms with Crippen LogP contribution in [0.3, 0.4) is 0 Å². The summed E-state index contributed by atoms with van der Waals surface area (Å²) >= 11 is 0. The smallest absolute Gasteiger partial charge is 0.225 e. The van der Waals surface area contributed by atoms with Crippen molar-refractivity contribution < 1.29 is 14.6 Å². The van der Waals surface area contributed by atoms with Crippen LogP contribution in [-0.2, 0) is 13.2 Å². The lowest BCUT2D eigenvalue weighted by Crippen LogP contribution is -2.48. The Kier molecular flexibility index (Phi) is 6.73. The third-order valence-corrected chi connectivity index (χ3v) is 6.02. The number of nitrogens with zero attached hydrogens (tertiary/aromatic N) is 2. The summed E-state index contributed by atoms with van der Waals surface area (Å²) in [4.78, 5) is 7.00. The van der Waals surface area contributed by atoms with Gasteiger partial charge in [0.1, 0.15) is 13.2 Å². The molecule has 34 heavy (non-hydrogen) atoms. The van der Waals surface area contributed by atoms with Crippen molar-refractivity contribution in [3.8, 4) is 22.9 Å². The molecule has 2 heterocycles. The zero-order valence-electron chi connectivity index (χ0n) is 19.0. The van der Waals surface area contributed by atoms with Gasteiger partial charge in [-0.15, -0.1) is 0 Å². The minimum absolute atomic E-state index is 0.238. The molecule has 0 bridgehead atoms. The average molecular weight is 453 g/mol. The van der Waals surface area contributed by atoms with Crippen molar-refractivity contribution in [3.63, 3.8) is 0 Å². The van der Waals surface area contributed by atoms with Crippen LogP contribution in [0.2, 0.25) is 0 Å². The van der Waals surface area contributed by atoms with Crippen molar-refractivity contribution in [2.75, 3.05) is 24.6 Å². The molecule has 1 N–H and O–H groups in total. The predicted molar refractivity (Wildman–Crippen MR) is 134 cm³/mol. The molecule has 0 amide bonds. The maximum absolute atomic E-state index is 9.35. The molecule has 4 aromatic rings. The van der Waals surface area contributed by atoms with Gasteiger partial charge in [-0.1, -0.05) is 72.8 Å². The van der Waals surface area contributed by atoms with Crippen LogP contribution in [0.25, 0.3) is 11.1 Å². The second-order valence-corrected chi connectivity index (χ2v) is 8.55. The van der Waals surface area contributed by atoms with Gasteiger partial charge in [0.15, 0.2) is 0 Å². The third-order valence-electron chi connectivity index (χ3n) is 6.02. The summed E-state index contributed by atoms with van der Waals surface area (Å²) in [5.74, 6) is 1.43. The fourth-order valence-corrected chi connectivity index (χ4v) is 4.06. The van der Waals surface area contributed by atoms with Crippen LogP contribution in [-0.4, -0.2) is 29.8 Å². The first-order valence-electron chi connectivity index (χ1n) is 11.6. The number of hydrogen-bond acceptors (Lipinski definition) is 5. The quantitative estimate of drug-likeness (QED) is 0.372. The van der Waals surface area contributed by atoms with Crippen LogP contribution in [0.5, 0.6) is 11.8 Å². The third kappa shape index (κ3) is 5.21. The summed E-state index contributed by atoms with van der Waals surface area (Å²) in [7, 11) is 0. The highest BCUT2D eigenvalue weighted by Crippen LogP contribution is 2.34. The number of aliphatic hydroxyl groups is 1. The first-order valence-corrected chi connectivity index (χ1v) is 11.6. The van der Waals surface area contributed by atoms with E-state index < -0.39 is 0 Å². The van der Waals surface area contributed by atoms with Gasteiger partial charge in [0.25, 0.3) is 0 Å². The lowest BCUT2D eigenvalue weighted by atomic mass is 9.99. The Morgan fingerprint density at radius 1 is 0.765 bits per heavy atom. The SMILES string of the molecule is OCC1CN(c2cccc(-c3ccc(OCc4ccccc4)nc3OCc3ccccc3)c2)C1. The number of hydrogen-bond donors (Lipinski definition) is 1. The monoisotopic (exact) mass is 452 g/mol. The number of ether oxygens (including phenoxy) is 2. The Hall–Kier alpha value is -3.83. The normalized spacial score (nSPS) is 13.4. The van der Waals surface area contributed by atoms with Crippen molar-refractivity contribution in [2.45, 2.75) is 13.2 Å². The Labute approximate surface area is 200 Å². The number of benzene rings is 3. The van der Waals surface area contributed by atoms with Gasteiger partial charge in [0.2, 0.25) is 11.8 Å². The summed E-state index contributed by atoms with van der Waals surface area (Å²) in [5.41, 5.74) is 5.26. The van der Waals surface area contributed by atoms with E-state index in [0.29, 0.717) is 30.9 Å². The molecule has 0 unspecified atom stereocenters. The first-order chi connectivity index (χ1) is 16.8. The molecule has 5 rings (SSSR count). The highest BCUT2D eigenvalue weighted by atomic mass is 16.5. The average Bonchev–Trinajstić information content (AvgIpc) is 2.87. The van der Waals surface area contributed by atoms with E-state index in [0.717, 1.165) is 41.0 Å². The van der Waals surface area contributed by atoms with E-state index >= 15 is 0 Å². The molecule has 1 aliphatic heterocycles. The maximum atomic E-state index is 9.35. The summed E-state index contributed by atoms with van der Waals surface area (Å²) in [5, 5.41) is 9.35. The van der Waals surface area contributed by atoms with Gasteiger partial charge in [-0.05, 0) is 34.9 Å². The van der Waals surface area contributed by atoms with Crippen molar-refractivity contribution >= 4 is 5.69 Å². The zero-order chi connectivity index (χ0) is 23.2. The Morgan fingerprint density at radius 3 is 2.12 bits per heavy atom. The molecule has 1 aromatic heterocycles. The van der Waals surface area contributed by atoms with Gasteiger partial charge < -0.3 is 19.5 Å². The molecule has 5 nitrogen and oxygen atoms in total. The van der Waals surface area contributed by atoms with Crippen LogP contribution in [0.15, 0.2) is 97.1 Å². The number of anilines is 1. The highest BCUT2D eigenvalue weighted by Gasteiger charge is 2.26. The Balaban J connectivity index is 1.40. The molecule has 0 radical (unpaired) electrons. The molecular formula is C29H28N2O3. The van der Waals surface area contributed by atoms with Crippen molar-refractivity contribution in [3.05, 3.63) is 108 Å². The van der Waals surface area contributed by atoms with Gasteiger partial charge in [-0.3, -0.25) is 0 Å². The van der Waals surface area contributed by atoms with E-state index in [1.807, 2.05) is 72.8 Å². The van der Waals surface area contributed by atoms with Gasteiger partial charge in [0.05, 0.1) is 0 Å². The van der Waals surface area contributed by atoms with E-state index in [9.17, 15) is 5.11 Å². The van der Waals surface area contributed by atoms with E-state index in [-0.39, 0.29) is 6.61 Å². The molecule has 172 valence electrons. The number of aliphatic hydroxyl groups excluding tert-OH is 1. The Morgan fingerprint density at radius 2 is 1.44 bits per heavy atom. The number of aromatic nitrogens is 1. The highest BCUT2D eigenvalue weighted by molar-refractivity contribution is 5.73. The molecule has 0 saturated carbocycles. The van der Waals surface area contributed by atoms with E-state index in [1.165, 1.54) is 0 Å². The van der Waals surface area contributed by atoms with Crippen LogP contribution in [0.4, 0.5) is 5.69 Å². The van der Waals surface area contributed by atoms with Crippen LogP contribution < -0.4 is 14.4 Å². The minimum atomic E-state index is 0.238. The summed E-state index contributed by atoms with van der Waals surface area (Å²) < 4.78 is 12.2. The molecule has 1 fully saturated rings. The van der Waals surface area contributed by atoms with Gasteiger partial charge in [0, 0.05) is 42.9 Å². The van der Waals surface area contributed by atoms with E-state index in [2.05, 4.69) is 29.2 Å². The van der Waals surface area contributed by atoms with Gasteiger partial charge in [-0.2, -0.15) is 4.98 Å². The molecule has 0 atom stereocenters. The van der Waals surface area contributed by atoms with Crippen LogP contribution in [0, 0.1) is 5.92 Å². The summed E-state index contributed by atoms with van der Waals surface area (Å²) in [6, 6.07) is 32.4. The standard InChI is InChI=1S/C29H28N2O3/c32-19-24-17-31(18-24)26-13-7-12-25(16-26)27-14-15-28(33-20-22-8-3-1-4-9-22)30-29(27)34-21-23-10-5-2-6-11-23/h1-16,24,32H,17-21H2. The number of pyridine rings is 1. The molecular weight excluding hydrogens is 424 g/mol. The largest absolute Gasteiger partial charge is 0.473 e. The van der Waals surface area contributed by atoms with E-state index in [4.69, 9.17) is 14.5 Å². The number of rotatable bonds is 9. The molecule has 0 spiro atoms. The Bertz CT molecular complexity index is 1210. The van der Waals surface area contributed by atoms with Gasteiger partial charge in [-0.25, -0.2) is 0 Å². The second kappa shape index (κ2) is 10.4. The maximum Gasteiger partial charge on any atom is 0.225 e. The summed E-state index contributed by atoms with van der Waals surface area (Å²) in [6.07, 6.45) is 0. The predicted octanol–water partition coefficient (Wildman–Crippen LogP) is 5.34. The fourth-order valence-electron chi connectivity index (χ4n) is 4.06. The fraction of sp³-hybridized carbons (Fsp3) is 0.207. The van der Waals surface area contributed by atoms with Crippen molar-refractivity contribution in [1.29, 1.82) is 0 Å². The van der Waals surface area contributed by atoms with Crippen molar-refractivity contribution in [2.24, 2.45) is 5.92 Å². The van der Waals surface area contributed by atoms with E-state index in [1.54, 1.807) is 0 Å². The lowest BCUT2D eigenvalue weighted by Gasteiger charge is -2.40. The lowest BCUT2D eigenvalue weighted by molar-refractivity contribution is 0.201. The van der Waals surface area contributed by atoms with Crippen LogP contribution in [0.1, 0.15) is 11.1 Å². The molecule has 0 aliphatic carbocycles. The summed E-state index contributed by atoms with van der Waals surface area (Å²) in [6.45, 7) is 2.86. The van der Waals surface area contributed by atoms with Crippen molar-refractivity contribution in [1.82, 2.24) is 4.98 Å². The second-order valence-electron chi connectivity index (χ2n) is 8.55.